The number of methoxy groups -OCH3 is 1. The van der Waals surface area contributed by atoms with Gasteiger partial charge in [-0.05, 0) is 36.8 Å². The minimum Gasteiger partial charge on any atom is -0.493 e. The average Bonchev–Trinajstić information content (AvgIpc) is 3.14. The zero-order valence-electron chi connectivity index (χ0n) is 13.0. The van der Waals surface area contributed by atoms with Gasteiger partial charge in [-0.15, -0.1) is 0 Å². The van der Waals surface area contributed by atoms with E-state index >= 15 is 0 Å². The van der Waals surface area contributed by atoms with E-state index in [2.05, 4.69) is 0 Å². The number of aliphatic hydroxyl groups is 1. The molecule has 3 aliphatic rings. The topological polar surface area (TPSA) is 76.1 Å². The number of nitrogens with zero attached hydrogens (tertiary/aromatic N) is 1. The van der Waals surface area contributed by atoms with E-state index in [-0.39, 0.29) is 36.3 Å². The van der Waals surface area contributed by atoms with Crippen LogP contribution in [0.2, 0.25) is 0 Å². The standard InChI is InChI=1S/C16H21NO5S/c1-21-12-4-2-3-5-13(12)22-7-6-17-15-11-8-10(16(15)18)9-14(11)23(17,19)20/h2-5,10-11,14-16,18H,6-9H2,1H3. The third kappa shape index (κ3) is 2.17. The number of ether oxygens (including phenoxy) is 2. The molecule has 0 amide bonds. The van der Waals surface area contributed by atoms with Gasteiger partial charge in [-0.1, -0.05) is 12.1 Å². The highest BCUT2D eigenvalue weighted by molar-refractivity contribution is 7.90. The molecule has 2 aliphatic carbocycles. The fourth-order valence-corrected chi connectivity index (χ4v) is 7.07. The molecule has 1 N–H and O–H groups in total. The summed E-state index contributed by atoms with van der Waals surface area (Å²) in [5.74, 6) is 1.45. The first-order valence-corrected chi connectivity index (χ1v) is 9.49. The van der Waals surface area contributed by atoms with E-state index < -0.39 is 16.1 Å². The Morgan fingerprint density at radius 3 is 2.70 bits per heavy atom. The minimum atomic E-state index is -3.31. The van der Waals surface area contributed by atoms with Crippen LogP contribution in [0.15, 0.2) is 24.3 Å². The molecular weight excluding hydrogens is 318 g/mol. The summed E-state index contributed by atoms with van der Waals surface area (Å²) in [6.07, 6.45) is 0.911. The van der Waals surface area contributed by atoms with Crippen LogP contribution < -0.4 is 9.47 Å². The van der Waals surface area contributed by atoms with E-state index in [1.54, 1.807) is 19.2 Å². The molecule has 1 aromatic rings. The number of aliphatic hydroxyl groups excluding tert-OH is 1. The second-order valence-electron chi connectivity index (χ2n) is 6.57. The highest BCUT2D eigenvalue weighted by atomic mass is 32.2. The fraction of sp³-hybridized carbons (Fsp3) is 0.625. The third-order valence-corrected chi connectivity index (χ3v) is 7.93. The predicted molar refractivity (Wildman–Crippen MR) is 83.9 cm³/mol. The molecule has 23 heavy (non-hydrogen) atoms. The van der Waals surface area contributed by atoms with E-state index in [4.69, 9.17) is 9.47 Å². The molecule has 1 saturated heterocycles. The molecule has 3 fully saturated rings. The van der Waals surface area contributed by atoms with E-state index in [1.807, 2.05) is 12.1 Å². The Hall–Kier alpha value is -1.31. The van der Waals surface area contributed by atoms with Gasteiger partial charge in [0.05, 0.1) is 24.5 Å². The molecule has 6 nitrogen and oxygen atoms in total. The molecule has 7 heteroatoms. The Morgan fingerprint density at radius 1 is 1.26 bits per heavy atom. The molecule has 2 bridgehead atoms. The number of para-hydroxylation sites is 2. The highest BCUT2D eigenvalue weighted by Gasteiger charge is 2.65. The average molecular weight is 339 g/mol. The summed E-state index contributed by atoms with van der Waals surface area (Å²) in [4.78, 5) is 0. The maximum atomic E-state index is 12.7. The Bertz CT molecular complexity index is 706. The van der Waals surface area contributed by atoms with E-state index in [0.29, 0.717) is 17.9 Å². The zero-order valence-corrected chi connectivity index (χ0v) is 13.8. The van der Waals surface area contributed by atoms with Crippen molar-refractivity contribution in [3.05, 3.63) is 24.3 Å². The number of benzene rings is 1. The number of rotatable bonds is 5. The second kappa shape index (κ2) is 5.36. The normalized spacial score (nSPS) is 37.2. The van der Waals surface area contributed by atoms with Crippen LogP contribution in [0.5, 0.6) is 11.5 Å². The summed E-state index contributed by atoms with van der Waals surface area (Å²) < 4.78 is 37.7. The maximum absolute atomic E-state index is 12.7. The van der Waals surface area contributed by atoms with Crippen LogP contribution >= 0.6 is 0 Å². The van der Waals surface area contributed by atoms with Gasteiger partial charge in [0.2, 0.25) is 10.0 Å². The molecule has 0 spiro atoms. The highest BCUT2D eigenvalue weighted by Crippen LogP contribution is 2.55. The number of hydrogen-bond donors (Lipinski definition) is 1. The lowest BCUT2D eigenvalue weighted by molar-refractivity contribution is 0.0591. The van der Waals surface area contributed by atoms with Crippen LogP contribution in [0.25, 0.3) is 0 Å². The summed E-state index contributed by atoms with van der Waals surface area (Å²) in [7, 11) is -1.74. The number of fused-ring (bicyclic) bond motifs is 1. The van der Waals surface area contributed by atoms with Crippen molar-refractivity contribution in [3.8, 4) is 11.5 Å². The molecule has 0 radical (unpaired) electrons. The number of hydrogen-bond acceptors (Lipinski definition) is 5. The van der Waals surface area contributed by atoms with Crippen molar-refractivity contribution in [2.45, 2.75) is 30.2 Å². The van der Waals surface area contributed by atoms with Crippen LogP contribution in [-0.2, 0) is 10.0 Å². The first kappa shape index (κ1) is 15.2. The van der Waals surface area contributed by atoms with Crippen molar-refractivity contribution in [2.24, 2.45) is 11.8 Å². The largest absolute Gasteiger partial charge is 0.493 e. The monoisotopic (exact) mass is 339 g/mol. The Balaban J connectivity index is 1.47. The quantitative estimate of drug-likeness (QED) is 0.861. The Kier molecular flexibility index (Phi) is 3.55. The van der Waals surface area contributed by atoms with Crippen LogP contribution in [0.1, 0.15) is 12.8 Å². The molecule has 1 aliphatic heterocycles. The van der Waals surface area contributed by atoms with Gasteiger partial charge in [-0.2, -0.15) is 4.31 Å². The van der Waals surface area contributed by atoms with Gasteiger partial charge in [0.15, 0.2) is 11.5 Å². The van der Waals surface area contributed by atoms with Gasteiger partial charge < -0.3 is 14.6 Å². The van der Waals surface area contributed by atoms with Crippen LogP contribution in [0.4, 0.5) is 0 Å². The number of sulfonamides is 1. The zero-order chi connectivity index (χ0) is 16.2. The van der Waals surface area contributed by atoms with Crippen molar-refractivity contribution < 1.29 is 23.0 Å². The third-order valence-electron chi connectivity index (χ3n) is 5.54. The Morgan fingerprint density at radius 2 is 2.00 bits per heavy atom. The maximum Gasteiger partial charge on any atom is 0.217 e. The summed E-state index contributed by atoms with van der Waals surface area (Å²) >= 11 is 0. The minimum absolute atomic E-state index is 0.0891. The van der Waals surface area contributed by atoms with Crippen molar-refractivity contribution in [3.63, 3.8) is 0 Å². The van der Waals surface area contributed by atoms with Gasteiger partial charge in [-0.3, -0.25) is 0 Å². The smallest absolute Gasteiger partial charge is 0.217 e. The lowest BCUT2D eigenvalue weighted by Crippen LogP contribution is -2.43. The molecule has 126 valence electrons. The molecule has 2 saturated carbocycles. The van der Waals surface area contributed by atoms with Crippen molar-refractivity contribution >= 4 is 10.0 Å². The van der Waals surface area contributed by atoms with E-state index in [0.717, 1.165) is 6.42 Å². The van der Waals surface area contributed by atoms with Gasteiger partial charge in [0.25, 0.3) is 0 Å². The molecule has 5 atom stereocenters. The molecule has 5 unspecified atom stereocenters. The van der Waals surface area contributed by atoms with Crippen LogP contribution in [-0.4, -0.2) is 55.5 Å². The summed E-state index contributed by atoms with van der Waals surface area (Å²) in [6.45, 7) is 0.509. The predicted octanol–water partition coefficient (Wildman–Crippen LogP) is 0.857. The fourth-order valence-electron chi connectivity index (χ4n) is 4.57. The Labute approximate surface area is 136 Å². The van der Waals surface area contributed by atoms with Gasteiger partial charge >= 0.3 is 0 Å². The van der Waals surface area contributed by atoms with E-state index in [9.17, 15) is 13.5 Å². The summed E-state index contributed by atoms with van der Waals surface area (Å²) in [5.41, 5.74) is 0. The van der Waals surface area contributed by atoms with Crippen LogP contribution in [0.3, 0.4) is 0 Å². The first-order valence-electron chi connectivity index (χ1n) is 7.98. The molecule has 4 rings (SSSR count). The lowest BCUT2D eigenvalue weighted by Gasteiger charge is -2.26. The summed E-state index contributed by atoms with van der Waals surface area (Å²) in [6, 6.07) is 7.03. The SMILES string of the molecule is COc1ccccc1OCCN1C2C(O)C3CC2C(C3)S1(=O)=O. The van der Waals surface area contributed by atoms with Gasteiger partial charge in [0, 0.05) is 6.54 Å². The van der Waals surface area contributed by atoms with Gasteiger partial charge in [-0.25, -0.2) is 8.42 Å². The van der Waals surface area contributed by atoms with E-state index in [1.165, 1.54) is 4.31 Å². The molecular formula is C16H21NO5S. The lowest BCUT2D eigenvalue weighted by atomic mass is 9.92. The van der Waals surface area contributed by atoms with Gasteiger partial charge in [0.1, 0.15) is 6.61 Å². The van der Waals surface area contributed by atoms with Crippen molar-refractivity contribution in [2.75, 3.05) is 20.3 Å². The molecule has 1 heterocycles. The first-order chi connectivity index (χ1) is 11.0. The van der Waals surface area contributed by atoms with Crippen LogP contribution in [0, 0.1) is 11.8 Å². The molecule has 0 aromatic heterocycles. The molecule has 1 aromatic carbocycles. The second-order valence-corrected chi connectivity index (χ2v) is 8.67. The van der Waals surface area contributed by atoms with Crippen molar-refractivity contribution in [1.29, 1.82) is 0 Å². The van der Waals surface area contributed by atoms with Crippen molar-refractivity contribution in [1.82, 2.24) is 4.31 Å². The summed E-state index contributed by atoms with van der Waals surface area (Å²) in [5, 5.41) is 10.0.